The second-order valence-corrected chi connectivity index (χ2v) is 5.22. The van der Waals surface area contributed by atoms with E-state index in [1.54, 1.807) is 30.3 Å². The monoisotopic (exact) mass is 328 g/mol. The van der Waals surface area contributed by atoms with E-state index >= 15 is 0 Å². The van der Waals surface area contributed by atoms with Gasteiger partial charge in [0.15, 0.2) is 0 Å². The largest absolute Gasteiger partial charge is 0.321 e. The minimum atomic E-state index is -0.216. The Balaban J connectivity index is 2.21. The maximum atomic E-state index is 12.1. The number of nitrogens with one attached hydrogen (secondary N) is 1. The molecule has 2 aromatic carbocycles. The van der Waals surface area contributed by atoms with Crippen molar-refractivity contribution in [1.29, 1.82) is 5.26 Å². The van der Waals surface area contributed by atoms with Gasteiger partial charge in [-0.15, -0.1) is 0 Å². The minimum absolute atomic E-state index is 0.216. The van der Waals surface area contributed by atoms with Crippen molar-refractivity contribution in [2.75, 3.05) is 5.32 Å². The molecular weight excluding hydrogens is 316 g/mol. The molecule has 0 atom stereocenters. The quantitative estimate of drug-likeness (QED) is 0.920. The molecule has 0 aliphatic heterocycles. The van der Waals surface area contributed by atoms with Gasteiger partial charge < -0.3 is 5.32 Å². The van der Waals surface area contributed by atoms with Crippen LogP contribution in [-0.2, 0) is 6.42 Å². The molecule has 0 aromatic heterocycles. The number of nitriles is 1. The summed E-state index contributed by atoms with van der Waals surface area (Å²) in [5, 5.41) is 11.8. The summed E-state index contributed by atoms with van der Waals surface area (Å²) in [5.41, 5.74) is 2.70. The van der Waals surface area contributed by atoms with E-state index < -0.39 is 0 Å². The number of rotatable bonds is 3. The van der Waals surface area contributed by atoms with E-state index in [-0.39, 0.29) is 5.91 Å². The lowest BCUT2D eigenvalue weighted by Crippen LogP contribution is -2.12. The first kappa shape index (κ1) is 14.3. The molecule has 0 aliphatic rings. The zero-order valence-electron chi connectivity index (χ0n) is 11.0. The standard InChI is InChI=1S/C16H13BrN2O/c1-2-11-3-5-12(6-4-11)16(20)19-15-8-7-14(17)9-13(15)10-18/h3-9H,2H2,1H3,(H,19,20). The van der Waals surface area contributed by atoms with Crippen LogP contribution in [0.15, 0.2) is 46.9 Å². The lowest BCUT2D eigenvalue weighted by molar-refractivity contribution is 0.102. The van der Waals surface area contributed by atoms with Crippen molar-refractivity contribution in [2.45, 2.75) is 13.3 Å². The number of amides is 1. The minimum Gasteiger partial charge on any atom is -0.321 e. The first-order chi connectivity index (χ1) is 9.63. The van der Waals surface area contributed by atoms with Gasteiger partial charge in [-0.05, 0) is 42.3 Å². The van der Waals surface area contributed by atoms with Crippen LogP contribution >= 0.6 is 15.9 Å². The predicted molar refractivity (Wildman–Crippen MR) is 82.6 cm³/mol. The summed E-state index contributed by atoms with van der Waals surface area (Å²) >= 11 is 3.30. The lowest BCUT2D eigenvalue weighted by Gasteiger charge is -2.08. The van der Waals surface area contributed by atoms with E-state index in [9.17, 15) is 4.79 Å². The summed E-state index contributed by atoms with van der Waals surface area (Å²) in [6.45, 7) is 2.07. The highest BCUT2D eigenvalue weighted by atomic mass is 79.9. The molecule has 3 nitrogen and oxygen atoms in total. The summed E-state index contributed by atoms with van der Waals surface area (Å²) in [7, 11) is 0. The zero-order chi connectivity index (χ0) is 14.5. The van der Waals surface area contributed by atoms with Crippen LogP contribution in [-0.4, -0.2) is 5.91 Å². The molecule has 0 aliphatic carbocycles. The molecule has 0 fully saturated rings. The van der Waals surface area contributed by atoms with Crippen LogP contribution in [0.2, 0.25) is 0 Å². The van der Waals surface area contributed by atoms with Crippen molar-refractivity contribution in [3.05, 3.63) is 63.6 Å². The SMILES string of the molecule is CCc1ccc(C(=O)Nc2ccc(Br)cc2C#N)cc1. The summed E-state index contributed by atoms with van der Waals surface area (Å²) < 4.78 is 0.805. The summed E-state index contributed by atoms with van der Waals surface area (Å²) in [6, 6.07) is 14.7. The van der Waals surface area contributed by atoms with Gasteiger partial charge in [-0.3, -0.25) is 4.79 Å². The molecule has 0 bridgehead atoms. The van der Waals surface area contributed by atoms with Gasteiger partial charge in [-0.1, -0.05) is 35.0 Å². The molecule has 1 amide bonds. The van der Waals surface area contributed by atoms with Crippen LogP contribution in [0.5, 0.6) is 0 Å². The molecule has 20 heavy (non-hydrogen) atoms. The number of anilines is 1. The maximum Gasteiger partial charge on any atom is 0.255 e. The third-order valence-corrected chi connectivity index (χ3v) is 3.47. The Morgan fingerprint density at radius 2 is 1.95 bits per heavy atom. The van der Waals surface area contributed by atoms with Crippen LogP contribution in [0.25, 0.3) is 0 Å². The fourth-order valence-corrected chi connectivity index (χ4v) is 2.17. The van der Waals surface area contributed by atoms with Crippen molar-refractivity contribution in [1.82, 2.24) is 0 Å². The van der Waals surface area contributed by atoms with Crippen molar-refractivity contribution in [2.24, 2.45) is 0 Å². The molecule has 0 heterocycles. The van der Waals surface area contributed by atoms with Crippen molar-refractivity contribution in [3.8, 4) is 6.07 Å². The molecular formula is C16H13BrN2O. The smallest absolute Gasteiger partial charge is 0.255 e. The molecule has 2 aromatic rings. The highest BCUT2D eigenvalue weighted by Gasteiger charge is 2.09. The predicted octanol–water partition coefficient (Wildman–Crippen LogP) is 4.14. The highest BCUT2D eigenvalue weighted by Crippen LogP contribution is 2.21. The highest BCUT2D eigenvalue weighted by molar-refractivity contribution is 9.10. The van der Waals surface area contributed by atoms with Crippen LogP contribution in [0, 0.1) is 11.3 Å². The third-order valence-electron chi connectivity index (χ3n) is 2.97. The van der Waals surface area contributed by atoms with E-state index in [0.717, 1.165) is 10.9 Å². The molecule has 2 rings (SSSR count). The van der Waals surface area contributed by atoms with Crippen LogP contribution in [0.4, 0.5) is 5.69 Å². The second kappa shape index (κ2) is 6.36. The molecule has 0 unspecified atom stereocenters. The fourth-order valence-electron chi connectivity index (χ4n) is 1.80. The Morgan fingerprint density at radius 1 is 1.25 bits per heavy atom. The topological polar surface area (TPSA) is 52.9 Å². The van der Waals surface area contributed by atoms with Crippen LogP contribution in [0.1, 0.15) is 28.4 Å². The Labute approximate surface area is 126 Å². The van der Waals surface area contributed by atoms with Crippen molar-refractivity contribution in [3.63, 3.8) is 0 Å². The number of nitrogens with zero attached hydrogens (tertiary/aromatic N) is 1. The normalized spacial score (nSPS) is 9.85. The average Bonchev–Trinajstić information content (AvgIpc) is 2.49. The summed E-state index contributed by atoms with van der Waals surface area (Å²) in [5.74, 6) is -0.216. The lowest BCUT2D eigenvalue weighted by atomic mass is 10.1. The molecule has 100 valence electrons. The van der Waals surface area contributed by atoms with Gasteiger partial charge in [-0.25, -0.2) is 0 Å². The third kappa shape index (κ3) is 3.25. The number of halogens is 1. The molecule has 4 heteroatoms. The Bertz CT molecular complexity index is 672. The molecule has 1 N–H and O–H groups in total. The van der Waals surface area contributed by atoms with Gasteiger partial charge >= 0.3 is 0 Å². The maximum absolute atomic E-state index is 12.1. The summed E-state index contributed by atoms with van der Waals surface area (Å²) in [4.78, 5) is 12.1. The van der Waals surface area contributed by atoms with Gasteiger partial charge in [0.25, 0.3) is 5.91 Å². The van der Waals surface area contributed by atoms with E-state index in [2.05, 4.69) is 34.2 Å². The number of benzene rings is 2. The van der Waals surface area contributed by atoms with Crippen molar-refractivity contribution >= 4 is 27.5 Å². The van der Waals surface area contributed by atoms with Crippen molar-refractivity contribution < 1.29 is 4.79 Å². The zero-order valence-corrected chi connectivity index (χ0v) is 12.6. The van der Waals surface area contributed by atoms with Gasteiger partial charge in [0.2, 0.25) is 0 Å². The number of aryl methyl sites for hydroxylation is 1. The van der Waals surface area contributed by atoms with Crippen LogP contribution in [0.3, 0.4) is 0 Å². The van der Waals surface area contributed by atoms with E-state index in [0.29, 0.717) is 16.8 Å². The summed E-state index contributed by atoms with van der Waals surface area (Å²) in [6.07, 6.45) is 0.938. The van der Waals surface area contributed by atoms with Gasteiger partial charge in [-0.2, -0.15) is 5.26 Å². The number of carbonyl (C=O) groups is 1. The van der Waals surface area contributed by atoms with Gasteiger partial charge in [0.05, 0.1) is 11.3 Å². The fraction of sp³-hybridized carbons (Fsp3) is 0.125. The number of carbonyl (C=O) groups excluding carboxylic acids is 1. The van der Waals surface area contributed by atoms with Crippen LogP contribution < -0.4 is 5.32 Å². The average molecular weight is 329 g/mol. The molecule has 0 saturated carbocycles. The van der Waals surface area contributed by atoms with E-state index in [4.69, 9.17) is 5.26 Å². The Morgan fingerprint density at radius 3 is 2.55 bits per heavy atom. The second-order valence-electron chi connectivity index (χ2n) is 4.31. The first-order valence-electron chi connectivity index (χ1n) is 6.24. The van der Waals surface area contributed by atoms with E-state index in [1.165, 1.54) is 5.56 Å². The first-order valence-corrected chi connectivity index (χ1v) is 7.03. The number of hydrogen-bond donors (Lipinski definition) is 1. The molecule has 0 spiro atoms. The Hall–Kier alpha value is -2.12. The molecule has 0 saturated heterocycles. The molecule has 0 radical (unpaired) electrons. The van der Waals surface area contributed by atoms with Gasteiger partial charge in [0.1, 0.15) is 6.07 Å². The van der Waals surface area contributed by atoms with E-state index in [1.807, 2.05) is 12.1 Å². The van der Waals surface area contributed by atoms with Gasteiger partial charge in [0, 0.05) is 10.0 Å². The number of hydrogen-bond acceptors (Lipinski definition) is 2. The Kier molecular flexibility index (Phi) is 4.54.